The van der Waals surface area contributed by atoms with Crippen molar-refractivity contribution in [3.8, 4) is 22.9 Å². The fourth-order valence-corrected chi connectivity index (χ4v) is 12.7. The molecule has 4 aromatic heterocycles. The van der Waals surface area contributed by atoms with Gasteiger partial charge in [-0.25, -0.2) is 0 Å². The third kappa shape index (κ3) is 9.23. The van der Waals surface area contributed by atoms with Crippen LogP contribution in [0.2, 0.25) is 0 Å². The molecule has 404 valence electrons. The average molecular weight is 1120 g/mol. The second-order valence-electron chi connectivity index (χ2n) is 22.2. The number of β-amino-alcohol motifs (C(OH)–C–C–N with tert-alkyl or cyclic N) is 1. The summed E-state index contributed by atoms with van der Waals surface area (Å²) in [4.78, 5) is 60.1. The quantitative estimate of drug-likeness (QED) is 0.0606. The van der Waals surface area contributed by atoms with Crippen LogP contribution in [-0.4, -0.2) is 132 Å². The standard InChI is InChI=1S/C58H62BrN11O8/c1-29(2)52(57(75)69-25-37(72)20-47(69)55(73)63-46(27-71)33-8-10-34(59)11-9-33)70-26-43-39-12-5-31(18-45(39)62-56(74)51(43)67-70)28-77-53-49(48-30(3)4-13-44-42(48)23-61-66-44)40(32-6-7-32)21-41-50(53)64-58(78-38-14-16-76-17-15-38)65-54(41)68-24-35-19-36(68)22-60-35/h4-5,8-13,18,21,23,26,29,32,35-38,46-47,52,60,71-72H,6-7,14-17,19-20,22,24-25,27-28H2,1-3H3,(H,61,66)(H,62,74)(H,63,73). The number of amides is 2. The molecular formula is C58H62BrN11O8. The van der Waals surface area contributed by atoms with E-state index in [0.29, 0.717) is 58.9 Å². The monoisotopic (exact) mass is 1120 g/mol. The second kappa shape index (κ2) is 20.4. The van der Waals surface area contributed by atoms with Gasteiger partial charge in [0.1, 0.15) is 36.1 Å². The van der Waals surface area contributed by atoms with Crippen LogP contribution in [0.3, 0.4) is 0 Å². The number of anilines is 1. The van der Waals surface area contributed by atoms with Gasteiger partial charge in [0.25, 0.3) is 5.56 Å². The van der Waals surface area contributed by atoms with E-state index in [0.717, 1.165) is 99.4 Å². The summed E-state index contributed by atoms with van der Waals surface area (Å²) in [5.74, 6) is 0.566. The van der Waals surface area contributed by atoms with E-state index in [9.17, 15) is 24.6 Å². The lowest BCUT2D eigenvalue weighted by Crippen LogP contribution is -2.50. The number of fused-ring (bicyclic) bond motifs is 7. The Morgan fingerprint density at radius 3 is 2.49 bits per heavy atom. The minimum Gasteiger partial charge on any atom is -0.486 e. The fourth-order valence-electron chi connectivity index (χ4n) is 12.5. The number of likely N-dealkylation sites (tertiary alicyclic amines) is 1. The molecule has 4 aromatic carbocycles. The van der Waals surface area contributed by atoms with Gasteiger partial charge in [-0.3, -0.25) is 24.2 Å². The van der Waals surface area contributed by atoms with Gasteiger partial charge in [0, 0.05) is 94.3 Å². The summed E-state index contributed by atoms with van der Waals surface area (Å²) >= 11 is 3.42. The maximum absolute atomic E-state index is 14.7. The van der Waals surface area contributed by atoms with Crippen LogP contribution in [0.1, 0.15) is 92.6 Å². The van der Waals surface area contributed by atoms with E-state index in [1.54, 1.807) is 18.3 Å². The van der Waals surface area contributed by atoms with Gasteiger partial charge in [-0.2, -0.15) is 20.2 Å². The number of nitrogens with zero attached hydrogens (tertiary/aromatic N) is 7. The molecule has 13 rings (SSSR count). The molecule has 6 atom stereocenters. The van der Waals surface area contributed by atoms with Crippen LogP contribution in [0.25, 0.3) is 54.7 Å². The Morgan fingerprint density at radius 2 is 1.74 bits per heavy atom. The smallest absolute Gasteiger partial charge is 0.319 e. The number of aromatic amines is 2. The zero-order valence-corrected chi connectivity index (χ0v) is 45.3. The Balaban J connectivity index is 0.861. The Labute approximate surface area is 457 Å². The summed E-state index contributed by atoms with van der Waals surface area (Å²) in [7, 11) is 0. The number of piperazine rings is 1. The molecule has 8 aromatic rings. The normalized spacial score (nSPS) is 21.4. The summed E-state index contributed by atoms with van der Waals surface area (Å²) in [5, 5.41) is 43.3. The van der Waals surface area contributed by atoms with Crippen molar-refractivity contribution in [3.63, 3.8) is 0 Å². The van der Waals surface area contributed by atoms with Gasteiger partial charge in [0.2, 0.25) is 11.8 Å². The number of aromatic nitrogens is 7. The third-order valence-corrected chi connectivity index (χ3v) is 17.1. The second-order valence-corrected chi connectivity index (χ2v) is 23.1. The molecule has 6 N–H and O–H groups in total. The molecule has 1 aliphatic carbocycles. The molecule has 78 heavy (non-hydrogen) atoms. The number of benzene rings is 4. The predicted molar refractivity (Wildman–Crippen MR) is 298 cm³/mol. The number of hydrogen-bond acceptors (Lipinski definition) is 14. The van der Waals surface area contributed by atoms with Crippen molar-refractivity contribution < 1.29 is 34.0 Å². The summed E-state index contributed by atoms with van der Waals surface area (Å²) in [6, 6.07) is 17.9. The number of aliphatic hydroxyl groups excluding tert-OH is 2. The minimum atomic E-state index is -0.999. The number of pyridine rings is 1. The highest BCUT2D eigenvalue weighted by Crippen LogP contribution is 2.53. The van der Waals surface area contributed by atoms with Crippen LogP contribution in [0, 0.1) is 12.8 Å². The molecule has 8 heterocycles. The SMILES string of the molecule is Cc1ccc2[nH]ncc2c1-c1c(C2CC2)cc2c(N3CC4CC3CN4)nc(OC3CCOCC3)nc2c1OCc1ccc2c(c1)[nH]c(=O)c1nn(C(C(=O)N3CC(O)CC3C(=O)NC(CO)c3ccc(Br)cc3)C(C)C)cc12. The fraction of sp³-hybridized carbons (Fsp3) is 0.431. The summed E-state index contributed by atoms with van der Waals surface area (Å²) in [6.45, 7) is 8.53. The number of ether oxygens (including phenoxy) is 3. The predicted octanol–water partition coefficient (Wildman–Crippen LogP) is 7.01. The van der Waals surface area contributed by atoms with Gasteiger partial charge in [-0.15, -0.1) is 0 Å². The summed E-state index contributed by atoms with van der Waals surface area (Å²) in [5.41, 5.74) is 7.64. The van der Waals surface area contributed by atoms with Gasteiger partial charge < -0.3 is 49.8 Å². The highest BCUT2D eigenvalue weighted by Gasteiger charge is 2.44. The summed E-state index contributed by atoms with van der Waals surface area (Å²) in [6.07, 6.45) is 7.23. The van der Waals surface area contributed by atoms with Crippen LogP contribution in [0.5, 0.6) is 11.8 Å². The highest BCUT2D eigenvalue weighted by molar-refractivity contribution is 9.10. The number of carbonyl (C=O) groups excluding carboxylic acids is 2. The molecule has 0 spiro atoms. The first-order valence-corrected chi connectivity index (χ1v) is 28.0. The lowest BCUT2D eigenvalue weighted by atomic mass is 9.89. The Kier molecular flexibility index (Phi) is 13.2. The molecule has 5 fully saturated rings. The van der Waals surface area contributed by atoms with Gasteiger partial charge in [0.05, 0.1) is 43.7 Å². The van der Waals surface area contributed by atoms with Gasteiger partial charge >= 0.3 is 6.01 Å². The Bertz CT molecular complexity index is 3700. The summed E-state index contributed by atoms with van der Waals surface area (Å²) < 4.78 is 22.0. The lowest BCUT2D eigenvalue weighted by Gasteiger charge is -2.31. The van der Waals surface area contributed by atoms with Crippen LogP contribution in [0.4, 0.5) is 5.82 Å². The third-order valence-electron chi connectivity index (χ3n) is 16.6. The lowest BCUT2D eigenvalue weighted by molar-refractivity contribution is -0.142. The molecule has 2 amide bonds. The number of hydrogen-bond donors (Lipinski definition) is 6. The van der Waals surface area contributed by atoms with E-state index in [1.165, 1.54) is 15.1 Å². The van der Waals surface area contributed by atoms with Gasteiger partial charge in [0.15, 0.2) is 11.3 Å². The van der Waals surface area contributed by atoms with Crippen molar-refractivity contribution in [2.24, 2.45) is 5.92 Å². The van der Waals surface area contributed by atoms with E-state index in [2.05, 4.69) is 71.8 Å². The molecule has 2 bridgehead atoms. The topological polar surface area (TPSA) is 238 Å². The minimum absolute atomic E-state index is 0.0279. The van der Waals surface area contributed by atoms with E-state index < -0.39 is 41.6 Å². The molecule has 1 saturated carbocycles. The van der Waals surface area contributed by atoms with Crippen LogP contribution >= 0.6 is 15.9 Å². The molecule has 4 saturated heterocycles. The molecular weight excluding hydrogens is 1060 g/mol. The number of aryl methyl sites for hydroxylation is 1. The molecule has 19 nitrogen and oxygen atoms in total. The Morgan fingerprint density at radius 1 is 0.923 bits per heavy atom. The van der Waals surface area contributed by atoms with E-state index in [4.69, 9.17) is 29.3 Å². The molecule has 20 heteroatoms. The van der Waals surface area contributed by atoms with Gasteiger partial charge in [-0.05, 0) is 96.2 Å². The molecule has 0 radical (unpaired) electrons. The van der Waals surface area contributed by atoms with Crippen molar-refractivity contribution in [1.82, 2.24) is 50.5 Å². The molecule has 6 unspecified atom stereocenters. The van der Waals surface area contributed by atoms with Crippen LogP contribution < -0.4 is 30.6 Å². The number of carbonyl (C=O) groups is 2. The van der Waals surface area contributed by atoms with Crippen molar-refractivity contribution >= 4 is 77.2 Å². The van der Waals surface area contributed by atoms with Crippen LogP contribution in [0.15, 0.2) is 82.3 Å². The first kappa shape index (κ1) is 50.5. The van der Waals surface area contributed by atoms with E-state index in [-0.39, 0.29) is 49.8 Å². The van der Waals surface area contributed by atoms with Gasteiger partial charge in [-0.1, -0.05) is 60.1 Å². The highest BCUT2D eigenvalue weighted by atomic mass is 79.9. The van der Waals surface area contributed by atoms with Crippen molar-refractivity contribution in [3.05, 3.63) is 110 Å². The van der Waals surface area contributed by atoms with Crippen molar-refractivity contribution in [2.45, 2.75) is 114 Å². The van der Waals surface area contributed by atoms with E-state index >= 15 is 0 Å². The number of rotatable bonds is 15. The maximum atomic E-state index is 14.7. The van der Waals surface area contributed by atoms with Crippen LogP contribution in [-0.2, 0) is 20.9 Å². The Hall–Kier alpha value is -6.97. The number of H-pyrrole nitrogens is 2. The number of aliphatic hydroxyl groups is 2. The number of nitrogens with one attached hydrogen (secondary N) is 4. The van der Waals surface area contributed by atoms with Crippen molar-refractivity contribution in [2.75, 3.05) is 44.4 Å². The first-order valence-electron chi connectivity index (χ1n) is 27.2. The van der Waals surface area contributed by atoms with Crippen molar-refractivity contribution in [1.29, 1.82) is 0 Å². The van der Waals surface area contributed by atoms with E-state index in [1.807, 2.05) is 50.4 Å². The zero-order valence-electron chi connectivity index (χ0n) is 43.7. The molecule has 4 aliphatic heterocycles. The maximum Gasteiger partial charge on any atom is 0.319 e. The first-order chi connectivity index (χ1) is 37.9. The average Bonchev–Trinajstić information content (AvgIpc) is 4.13. The number of halogens is 1. The largest absolute Gasteiger partial charge is 0.486 e. The molecule has 5 aliphatic rings. The zero-order chi connectivity index (χ0) is 53.5.